The van der Waals surface area contributed by atoms with Gasteiger partial charge in [0.05, 0.1) is 28.9 Å². The summed E-state index contributed by atoms with van der Waals surface area (Å²) in [6.07, 6.45) is 0.113. The first-order valence-corrected chi connectivity index (χ1v) is 11.1. The lowest BCUT2D eigenvalue weighted by molar-refractivity contribution is 0.0936. The summed E-state index contributed by atoms with van der Waals surface area (Å²) in [4.78, 5) is 18.2. The van der Waals surface area contributed by atoms with Gasteiger partial charge >= 0.3 is 0 Å². The highest BCUT2D eigenvalue weighted by Crippen LogP contribution is 2.27. The highest BCUT2D eigenvalue weighted by atomic mass is 32.2. The molecule has 0 bridgehead atoms. The normalized spacial score (nSPS) is 12.0. The lowest BCUT2D eigenvalue weighted by Crippen LogP contribution is -2.27. The number of carbonyl (C=O) groups excluding carboxylic acids is 1. The Morgan fingerprint density at radius 3 is 2.75 bits per heavy atom. The van der Waals surface area contributed by atoms with E-state index in [4.69, 9.17) is 4.74 Å². The lowest BCUT2D eigenvalue weighted by Gasteiger charge is -2.17. The van der Waals surface area contributed by atoms with Crippen LogP contribution in [0, 0.1) is 0 Å². The minimum Gasteiger partial charge on any atom is -0.491 e. The molecule has 4 nitrogen and oxygen atoms in total. The summed E-state index contributed by atoms with van der Waals surface area (Å²) in [5, 5.41) is 5.14. The van der Waals surface area contributed by atoms with Crippen LogP contribution in [0.1, 0.15) is 48.4 Å². The Labute approximate surface area is 174 Å². The zero-order valence-electron chi connectivity index (χ0n) is 16.2. The Hall–Kier alpha value is -2.31. The molecule has 3 rings (SSSR count). The van der Waals surface area contributed by atoms with Crippen molar-refractivity contribution in [3.05, 3.63) is 76.2 Å². The molecular weight excluding hydrogens is 388 g/mol. The molecule has 1 atom stereocenters. The van der Waals surface area contributed by atoms with Crippen molar-refractivity contribution in [2.75, 3.05) is 0 Å². The summed E-state index contributed by atoms with van der Waals surface area (Å²) in [5.74, 6) is 1.48. The monoisotopic (exact) mass is 412 g/mol. The molecule has 0 spiro atoms. The molecule has 0 aliphatic heterocycles. The number of rotatable bonds is 8. The van der Waals surface area contributed by atoms with Gasteiger partial charge < -0.3 is 10.1 Å². The van der Waals surface area contributed by atoms with E-state index in [0.29, 0.717) is 5.56 Å². The van der Waals surface area contributed by atoms with Crippen molar-refractivity contribution in [2.45, 2.75) is 43.6 Å². The number of benzene rings is 2. The quantitative estimate of drug-likeness (QED) is 0.481. The number of thiazole rings is 1. The molecule has 1 aromatic heterocycles. The third-order valence-corrected chi connectivity index (χ3v) is 5.81. The highest BCUT2D eigenvalue weighted by Gasteiger charge is 2.16. The van der Waals surface area contributed by atoms with Gasteiger partial charge in [0.1, 0.15) is 5.75 Å². The SMILES string of the molecule is CC(C)Oc1cccc(C(C)NC(=O)c2ccccc2SCc2cscn2)c1. The van der Waals surface area contributed by atoms with E-state index < -0.39 is 0 Å². The molecule has 6 heteroatoms. The molecule has 0 saturated carbocycles. The number of nitrogens with zero attached hydrogens (tertiary/aromatic N) is 1. The summed E-state index contributed by atoms with van der Waals surface area (Å²) in [7, 11) is 0. The highest BCUT2D eigenvalue weighted by molar-refractivity contribution is 7.98. The Morgan fingerprint density at radius 2 is 2.00 bits per heavy atom. The van der Waals surface area contributed by atoms with Crippen LogP contribution in [-0.2, 0) is 5.75 Å². The molecule has 1 unspecified atom stereocenters. The number of nitrogens with one attached hydrogen (secondary N) is 1. The van der Waals surface area contributed by atoms with Crippen LogP contribution in [-0.4, -0.2) is 17.0 Å². The van der Waals surface area contributed by atoms with Crippen LogP contribution in [0.4, 0.5) is 0 Å². The predicted molar refractivity (Wildman–Crippen MR) is 116 cm³/mol. The number of hydrogen-bond donors (Lipinski definition) is 1. The Morgan fingerprint density at radius 1 is 1.18 bits per heavy atom. The van der Waals surface area contributed by atoms with E-state index in [9.17, 15) is 4.79 Å². The Bertz CT molecular complexity index is 910. The van der Waals surface area contributed by atoms with Crippen LogP contribution in [0.15, 0.2) is 64.3 Å². The van der Waals surface area contributed by atoms with Gasteiger partial charge in [-0.25, -0.2) is 4.98 Å². The maximum Gasteiger partial charge on any atom is 0.252 e. The van der Waals surface area contributed by atoms with E-state index in [-0.39, 0.29) is 18.1 Å². The van der Waals surface area contributed by atoms with Crippen LogP contribution >= 0.6 is 23.1 Å². The van der Waals surface area contributed by atoms with Crippen molar-refractivity contribution in [3.63, 3.8) is 0 Å². The lowest BCUT2D eigenvalue weighted by atomic mass is 10.1. The van der Waals surface area contributed by atoms with Crippen LogP contribution in [0.2, 0.25) is 0 Å². The van der Waals surface area contributed by atoms with Crippen LogP contribution in [0.3, 0.4) is 0 Å². The smallest absolute Gasteiger partial charge is 0.252 e. The number of ether oxygens (including phenoxy) is 1. The van der Waals surface area contributed by atoms with Gasteiger partial charge in [0.15, 0.2) is 0 Å². The number of thioether (sulfide) groups is 1. The number of amides is 1. The van der Waals surface area contributed by atoms with Crippen molar-refractivity contribution in [3.8, 4) is 5.75 Å². The molecule has 28 heavy (non-hydrogen) atoms. The van der Waals surface area contributed by atoms with Gasteiger partial charge in [-0.05, 0) is 50.6 Å². The minimum absolute atomic E-state index is 0.0796. The second-order valence-corrected chi connectivity index (χ2v) is 8.43. The van der Waals surface area contributed by atoms with Gasteiger partial charge in [0.25, 0.3) is 5.91 Å². The van der Waals surface area contributed by atoms with Gasteiger partial charge in [0, 0.05) is 16.0 Å². The molecule has 2 aromatic carbocycles. The summed E-state index contributed by atoms with van der Waals surface area (Å²) in [6, 6.07) is 15.4. The summed E-state index contributed by atoms with van der Waals surface area (Å²) in [6.45, 7) is 5.98. The molecular formula is C22H24N2O2S2. The van der Waals surface area contributed by atoms with Crippen LogP contribution in [0.25, 0.3) is 0 Å². The molecule has 0 aliphatic carbocycles. The first-order valence-electron chi connectivity index (χ1n) is 9.19. The first-order chi connectivity index (χ1) is 13.5. The maximum absolute atomic E-state index is 12.9. The average Bonchev–Trinajstić information content (AvgIpc) is 3.20. The van der Waals surface area contributed by atoms with Crippen molar-refractivity contribution >= 4 is 29.0 Å². The topological polar surface area (TPSA) is 51.2 Å². The van der Waals surface area contributed by atoms with Crippen LogP contribution < -0.4 is 10.1 Å². The molecule has 0 saturated heterocycles. The summed E-state index contributed by atoms with van der Waals surface area (Å²) < 4.78 is 5.76. The molecule has 0 fully saturated rings. The van der Waals surface area contributed by atoms with E-state index in [1.165, 1.54) is 0 Å². The van der Waals surface area contributed by atoms with E-state index in [2.05, 4.69) is 10.3 Å². The van der Waals surface area contributed by atoms with Crippen molar-refractivity contribution in [2.24, 2.45) is 0 Å². The standard InChI is InChI=1S/C22H24N2O2S2/c1-15(2)26-19-8-6-7-17(11-19)16(3)24-22(25)20-9-4-5-10-21(20)28-13-18-12-27-14-23-18/h4-12,14-16H,13H2,1-3H3,(H,24,25). The zero-order chi connectivity index (χ0) is 19.9. The second kappa shape index (κ2) is 9.75. The second-order valence-electron chi connectivity index (χ2n) is 6.70. The molecule has 146 valence electrons. The van der Waals surface area contributed by atoms with E-state index in [0.717, 1.165) is 27.7 Å². The molecule has 0 aliphatic rings. The minimum atomic E-state index is -0.125. The molecule has 3 aromatic rings. The predicted octanol–water partition coefficient (Wildman–Crippen LogP) is 5.71. The summed E-state index contributed by atoms with van der Waals surface area (Å²) >= 11 is 3.21. The Balaban J connectivity index is 1.69. The fourth-order valence-corrected chi connectivity index (χ4v) is 4.34. The van der Waals surface area contributed by atoms with Crippen molar-refractivity contribution in [1.82, 2.24) is 10.3 Å². The largest absolute Gasteiger partial charge is 0.491 e. The zero-order valence-corrected chi connectivity index (χ0v) is 17.8. The van der Waals surface area contributed by atoms with Gasteiger partial charge in [-0.3, -0.25) is 4.79 Å². The molecule has 1 heterocycles. The van der Waals surface area contributed by atoms with Gasteiger partial charge in [-0.2, -0.15) is 0 Å². The fraction of sp³-hybridized carbons (Fsp3) is 0.273. The first kappa shape index (κ1) is 20.4. The van der Waals surface area contributed by atoms with Crippen molar-refractivity contribution < 1.29 is 9.53 Å². The molecule has 1 N–H and O–H groups in total. The number of hydrogen-bond acceptors (Lipinski definition) is 5. The van der Waals surface area contributed by atoms with Gasteiger partial charge in [-0.15, -0.1) is 23.1 Å². The van der Waals surface area contributed by atoms with E-state index in [1.807, 2.05) is 80.2 Å². The third-order valence-electron chi connectivity index (χ3n) is 4.07. The molecule has 0 radical (unpaired) electrons. The van der Waals surface area contributed by atoms with Crippen LogP contribution in [0.5, 0.6) is 5.75 Å². The van der Waals surface area contributed by atoms with E-state index >= 15 is 0 Å². The van der Waals surface area contributed by atoms with Gasteiger partial charge in [-0.1, -0.05) is 24.3 Å². The van der Waals surface area contributed by atoms with Crippen molar-refractivity contribution in [1.29, 1.82) is 0 Å². The number of carbonyl (C=O) groups is 1. The maximum atomic E-state index is 12.9. The summed E-state index contributed by atoms with van der Waals surface area (Å²) in [5.41, 5.74) is 4.55. The third kappa shape index (κ3) is 5.59. The fourth-order valence-electron chi connectivity index (χ4n) is 2.73. The average molecular weight is 413 g/mol. The molecule has 1 amide bonds. The van der Waals surface area contributed by atoms with E-state index in [1.54, 1.807) is 23.1 Å². The van der Waals surface area contributed by atoms with Gasteiger partial charge in [0.2, 0.25) is 0 Å². The Kier molecular flexibility index (Phi) is 7.12. The number of aromatic nitrogens is 1.